The van der Waals surface area contributed by atoms with Crippen molar-refractivity contribution < 1.29 is 9.84 Å². The van der Waals surface area contributed by atoms with Crippen molar-refractivity contribution in [1.82, 2.24) is 4.90 Å². The Kier molecular flexibility index (Phi) is 5.19. The summed E-state index contributed by atoms with van der Waals surface area (Å²) in [5.74, 6) is 0.875. The van der Waals surface area contributed by atoms with E-state index in [1.165, 1.54) is 19.3 Å². The van der Waals surface area contributed by atoms with Gasteiger partial charge < -0.3 is 15.6 Å². The molecule has 1 atom stereocenters. The summed E-state index contributed by atoms with van der Waals surface area (Å²) < 4.78 is 5.44. The van der Waals surface area contributed by atoms with Gasteiger partial charge in [0.1, 0.15) is 5.75 Å². The highest BCUT2D eigenvalue weighted by Crippen LogP contribution is 2.35. The summed E-state index contributed by atoms with van der Waals surface area (Å²) >= 11 is 0. The molecule has 1 saturated carbocycles. The van der Waals surface area contributed by atoms with Crippen LogP contribution in [0.25, 0.3) is 0 Å². The van der Waals surface area contributed by atoms with Gasteiger partial charge in [0, 0.05) is 24.7 Å². The third kappa shape index (κ3) is 3.08. The van der Waals surface area contributed by atoms with E-state index < -0.39 is 0 Å². The highest BCUT2D eigenvalue weighted by Gasteiger charge is 2.31. The molecule has 3 N–H and O–H groups in total. The summed E-state index contributed by atoms with van der Waals surface area (Å²) in [6.07, 6.45) is 3.67. The van der Waals surface area contributed by atoms with E-state index in [0.29, 0.717) is 19.1 Å². The number of hydrogen-bond acceptors (Lipinski definition) is 4. The molecule has 0 radical (unpaired) electrons. The van der Waals surface area contributed by atoms with Crippen LogP contribution in [0.5, 0.6) is 5.75 Å². The first kappa shape index (κ1) is 14.3. The van der Waals surface area contributed by atoms with Crippen molar-refractivity contribution >= 4 is 0 Å². The smallest absolute Gasteiger partial charge is 0.123 e. The van der Waals surface area contributed by atoms with E-state index in [9.17, 15) is 5.11 Å². The number of methoxy groups -OCH3 is 1. The Morgan fingerprint density at radius 3 is 2.68 bits per heavy atom. The van der Waals surface area contributed by atoms with E-state index in [-0.39, 0.29) is 12.6 Å². The first-order valence-corrected chi connectivity index (χ1v) is 7.01. The molecule has 4 heteroatoms. The van der Waals surface area contributed by atoms with Gasteiger partial charge in [0.25, 0.3) is 0 Å². The first-order valence-electron chi connectivity index (χ1n) is 7.01. The molecule has 2 rings (SSSR count). The van der Waals surface area contributed by atoms with E-state index in [4.69, 9.17) is 10.5 Å². The minimum Gasteiger partial charge on any atom is -0.496 e. The van der Waals surface area contributed by atoms with Gasteiger partial charge in [0.05, 0.1) is 19.8 Å². The molecular weight excluding hydrogens is 240 g/mol. The van der Waals surface area contributed by atoms with Crippen molar-refractivity contribution in [2.75, 3.05) is 26.8 Å². The van der Waals surface area contributed by atoms with Crippen LogP contribution in [0, 0.1) is 0 Å². The molecule has 1 aromatic rings. The predicted octanol–water partition coefficient (Wildman–Crippen LogP) is 1.54. The minimum atomic E-state index is 0.119. The Morgan fingerprint density at radius 1 is 1.42 bits per heavy atom. The summed E-state index contributed by atoms with van der Waals surface area (Å²) in [7, 11) is 1.69. The number of nitrogens with zero attached hydrogens (tertiary/aromatic N) is 1. The Hall–Kier alpha value is -1.10. The van der Waals surface area contributed by atoms with Crippen molar-refractivity contribution in [3.8, 4) is 5.75 Å². The van der Waals surface area contributed by atoms with Gasteiger partial charge in [-0.1, -0.05) is 24.6 Å². The van der Waals surface area contributed by atoms with E-state index in [0.717, 1.165) is 11.3 Å². The summed E-state index contributed by atoms with van der Waals surface area (Å²) in [5.41, 5.74) is 7.12. The maximum atomic E-state index is 9.31. The Labute approximate surface area is 115 Å². The maximum absolute atomic E-state index is 9.31. The zero-order valence-electron chi connectivity index (χ0n) is 11.6. The number of aliphatic hydroxyl groups excluding tert-OH is 1. The van der Waals surface area contributed by atoms with Crippen LogP contribution in [0.3, 0.4) is 0 Å². The fourth-order valence-electron chi connectivity index (χ4n) is 2.81. The zero-order chi connectivity index (χ0) is 13.7. The second-order valence-corrected chi connectivity index (χ2v) is 5.04. The molecule has 0 bridgehead atoms. The van der Waals surface area contributed by atoms with Gasteiger partial charge in [-0.25, -0.2) is 0 Å². The Morgan fingerprint density at radius 2 is 2.16 bits per heavy atom. The van der Waals surface area contributed by atoms with Crippen molar-refractivity contribution in [1.29, 1.82) is 0 Å². The van der Waals surface area contributed by atoms with Crippen LogP contribution in [0.2, 0.25) is 0 Å². The SMILES string of the molecule is COc1ccccc1C(CN)N(CCO)C1CCC1. The number of benzene rings is 1. The number of aliphatic hydroxyl groups is 1. The molecule has 1 aliphatic rings. The van der Waals surface area contributed by atoms with Crippen LogP contribution in [-0.4, -0.2) is 42.9 Å². The van der Waals surface area contributed by atoms with Gasteiger partial charge in [-0.3, -0.25) is 4.90 Å². The van der Waals surface area contributed by atoms with Gasteiger partial charge >= 0.3 is 0 Å². The summed E-state index contributed by atoms with van der Waals surface area (Å²) in [5, 5.41) is 9.31. The summed E-state index contributed by atoms with van der Waals surface area (Å²) in [6.45, 7) is 1.38. The molecule has 1 fully saturated rings. The Bertz CT molecular complexity index is 393. The molecule has 106 valence electrons. The fraction of sp³-hybridized carbons (Fsp3) is 0.600. The molecule has 19 heavy (non-hydrogen) atoms. The summed E-state index contributed by atoms with van der Waals surface area (Å²) in [4.78, 5) is 2.33. The lowest BCUT2D eigenvalue weighted by atomic mass is 9.89. The zero-order valence-corrected chi connectivity index (χ0v) is 11.6. The molecule has 1 aromatic carbocycles. The molecular formula is C15H24N2O2. The van der Waals surface area contributed by atoms with Crippen LogP contribution >= 0.6 is 0 Å². The van der Waals surface area contributed by atoms with E-state index >= 15 is 0 Å². The molecule has 0 saturated heterocycles. The average Bonchev–Trinajstić information content (AvgIpc) is 2.38. The predicted molar refractivity (Wildman–Crippen MR) is 76.2 cm³/mol. The van der Waals surface area contributed by atoms with E-state index in [1.807, 2.05) is 18.2 Å². The average molecular weight is 264 g/mol. The molecule has 1 unspecified atom stereocenters. The topological polar surface area (TPSA) is 58.7 Å². The molecule has 0 heterocycles. The van der Waals surface area contributed by atoms with Crippen molar-refractivity contribution in [3.05, 3.63) is 29.8 Å². The highest BCUT2D eigenvalue weighted by molar-refractivity contribution is 5.36. The number of nitrogens with two attached hydrogens (primary N) is 1. The third-order valence-electron chi connectivity index (χ3n) is 4.02. The maximum Gasteiger partial charge on any atom is 0.123 e. The molecule has 0 aromatic heterocycles. The van der Waals surface area contributed by atoms with Crippen molar-refractivity contribution in [2.45, 2.75) is 31.3 Å². The number of rotatable bonds is 7. The lowest BCUT2D eigenvalue weighted by Crippen LogP contribution is -2.46. The van der Waals surface area contributed by atoms with Crippen molar-refractivity contribution in [2.24, 2.45) is 5.73 Å². The molecule has 0 amide bonds. The third-order valence-corrected chi connectivity index (χ3v) is 4.02. The van der Waals surface area contributed by atoms with E-state index in [2.05, 4.69) is 11.0 Å². The van der Waals surface area contributed by atoms with Crippen LogP contribution < -0.4 is 10.5 Å². The van der Waals surface area contributed by atoms with Crippen LogP contribution in [0.4, 0.5) is 0 Å². The van der Waals surface area contributed by atoms with Gasteiger partial charge in [-0.05, 0) is 18.9 Å². The largest absolute Gasteiger partial charge is 0.496 e. The quantitative estimate of drug-likeness (QED) is 0.784. The van der Waals surface area contributed by atoms with Crippen LogP contribution in [0.1, 0.15) is 30.9 Å². The summed E-state index contributed by atoms with van der Waals surface area (Å²) in [6, 6.07) is 8.68. The van der Waals surface area contributed by atoms with Gasteiger partial charge in [0.15, 0.2) is 0 Å². The number of para-hydroxylation sites is 1. The van der Waals surface area contributed by atoms with Crippen LogP contribution in [-0.2, 0) is 0 Å². The van der Waals surface area contributed by atoms with Gasteiger partial charge in [-0.2, -0.15) is 0 Å². The monoisotopic (exact) mass is 264 g/mol. The van der Waals surface area contributed by atoms with Crippen LogP contribution in [0.15, 0.2) is 24.3 Å². The molecule has 0 spiro atoms. The second kappa shape index (κ2) is 6.89. The lowest BCUT2D eigenvalue weighted by molar-refractivity contribution is 0.0613. The number of ether oxygens (including phenoxy) is 1. The normalized spacial score (nSPS) is 17.3. The molecule has 4 nitrogen and oxygen atoms in total. The second-order valence-electron chi connectivity index (χ2n) is 5.04. The lowest BCUT2D eigenvalue weighted by Gasteiger charge is -2.42. The first-order chi connectivity index (χ1) is 9.31. The number of hydrogen-bond donors (Lipinski definition) is 2. The highest BCUT2D eigenvalue weighted by atomic mass is 16.5. The standard InChI is InChI=1S/C15H24N2O2/c1-19-15-8-3-2-7-13(15)14(11-16)17(9-10-18)12-5-4-6-12/h2-3,7-8,12,14,18H,4-6,9-11,16H2,1H3. The van der Waals surface area contributed by atoms with E-state index in [1.54, 1.807) is 7.11 Å². The molecule has 0 aliphatic heterocycles. The van der Waals surface area contributed by atoms with Gasteiger partial charge in [0.2, 0.25) is 0 Å². The fourth-order valence-corrected chi connectivity index (χ4v) is 2.81. The minimum absolute atomic E-state index is 0.119. The molecule has 1 aliphatic carbocycles. The van der Waals surface area contributed by atoms with Crippen molar-refractivity contribution in [3.63, 3.8) is 0 Å². The van der Waals surface area contributed by atoms with Gasteiger partial charge in [-0.15, -0.1) is 0 Å². The Balaban J connectivity index is 2.24.